The molecule has 2 amide bonds. The van der Waals surface area contributed by atoms with Gasteiger partial charge in [0.05, 0.1) is 5.52 Å². The fourth-order valence-electron chi connectivity index (χ4n) is 4.28. The number of urea groups is 1. The fraction of sp³-hybridized carbons (Fsp3) is 0.333. The van der Waals surface area contributed by atoms with Gasteiger partial charge in [0.15, 0.2) is 5.76 Å². The van der Waals surface area contributed by atoms with Gasteiger partial charge in [0.1, 0.15) is 22.9 Å². The van der Waals surface area contributed by atoms with Gasteiger partial charge in [-0.25, -0.2) is 14.8 Å². The fourth-order valence-corrected chi connectivity index (χ4v) is 4.94. The van der Waals surface area contributed by atoms with E-state index in [-0.39, 0.29) is 17.6 Å². The van der Waals surface area contributed by atoms with Crippen molar-refractivity contribution in [3.05, 3.63) is 52.3 Å². The number of thiophene rings is 1. The minimum Gasteiger partial charge on any atom is -0.367 e. The summed E-state index contributed by atoms with van der Waals surface area (Å²) in [4.78, 5) is 22.9. The molecule has 188 valence electrons. The molecule has 0 saturated carbocycles. The van der Waals surface area contributed by atoms with Crippen LogP contribution in [0.2, 0.25) is 0 Å². The van der Waals surface area contributed by atoms with Crippen molar-refractivity contribution in [2.75, 3.05) is 23.7 Å². The number of nitrogens with one attached hydrogen (secondary N) is 2. The number of rotatable bonds is 4. The zero-order valence-corrected chi connectivity index (χ0v) is 20.3. The number of nitrogens with zero attached hydrogens (tertiary/aromatic N) is 4. The molecule has 0 bridgehead atoms. The summed E-state index contributed by atoms with van der Waals surface area (Å²) in [5, 5.41) is 14.3. The number of amides is 2. The van der Waals surface area contributed by atoms with Crippen LogP contribution in [-0.4, -0.2) is 45.2 Å². The Morgan fingerprint density at radius 3 is 2.61 bits per heavy atom. The van der Waals surface area contributed by atoms with Crippen LogP contribution in [-0.2, 0) is 6.18 Å². The van der Waals surface area contributed by atoms with E-state index >= 15 is 0 Å². The third kappa shape index (κ3) is 4.72. The number of hydrogen-bond donors (Lipinski definition) is 2. The summed E-state index contributed by atoms with van der Waals surface area (Å²) < 4.78 is 45.3. The van der Waals surface area contributed by atoms with Gasteiger partial charge < -0.3 is 20.1 Å². The number of carbonyl (C=O) groups excluding carboxylic acids is 1. The number of piperidine rings is 1. The highest BCUT2D eigenvalue weighted by Gasteiger charge is 2.33. The van der Waals surface area contributed by atoms with Crippen LogP contribution >= 0.6 is 11.3 Å². The van der Waals surface area contributed by atoms with Gasteiger partial charge >= 0.3 is 12.2 Å². The van der Waals surface area contributed by atoms with Gasteiger partial charge in [0.25, 0.3) is 0 Å². The number of alkyl halides is 3. The molecule has 1 fully saturated rings. The number of likely N-dealkylation sites (tertiary alicyclic amines) is 1. The van der Waals surface area contributed by atoms with Crippen LogP contribution in [0.1, 0.15) is 30.0 Å². The summed E-state index contributed by atoms with van der Waals surface area (Å²) in [5.41, 5.74) is 1.82. The maximum absolute atomic E-state index is 13.4. The lowest BCUT2D eigenvalue weighted by Crippen LogP contribution is -2.44. The number of anilines is 2. The Balaban J connectivity index is 1.33. The highest BCUT2D eigenvalue weighted by molar-refractivity contribution is 7.08. The quantitative estimate of drug-likeness (QED) is 0.341. The number of fused-ring (bicyclic) bond motifs is 1. The lowest BCUT2D eigenvalue weighted by Gasteiger charge is -2.32. The molecule has 12 heteroatoms. The summed E-state index contributed by atoms with van der Waals surface area (Å²) in [7, 11) is 0. The van der Waals surface area contributed by atoms with Gasteiger partial charge in [0.2, 0.25) is 0 Å². The smallest absolute Gasteiger partial charge is 0.367 e. The first-order valence-corrected chi connectivity index (χ1v) is 12.3. The molecular weight excluding hydrogens is 493 g/mol. The van der Waals surface area contributed by atoms with E-state index in [4.69, 9.17) is 4.52 Å². The van der Waals surface area contributed by atoms with Crippen LogP contribution in [0, 0.1) is 13.8 Å². The molecule has 5 rings (SSSR count). The number of aryl methyl sites for hydroxylation is 2. The first kappa shape index (κ1) is 24.0. The molecule has 1 aliphatic heterocycles. The van der Waals surface area contributed by atoms with Gasteiger partial charge in [-0.15, -0.1) is 0 Å². The summed E-state index contributed by atoms with van der Waals surface area (Å²) in [6.45, 7) is 4.51. The van der Waals surface area contributed by atoms with Crippen molar-refractivity contribution in [1.29, 1.82) is 0 Å². The highest BCUT2D eigenvalue weighted by Crippen LogP contribution is 2.36. The van der Waals surface area contributed by atoms with Crippen LogP contribution < -0.4 is 10.6 Å². The standard InChI is InChI=1S/C24H23F3N6O2S/c1-13-20(14(2)35-32-13)31-23(34)33-8-5-16(6-9-33)29-22-17-3-4-19(24(25,26)27)30-21(17)18(11-28-22)15-7-10-36-12-15/h3-4,7,10-12,16H,5-6,8-9H2,1-2H3,(H,28,29)(H,31,34). The molecule has 2 N–H and O–H groups in total. The molecule has 0 unspecified atom stereocenters. The molecule has 4 aromatic heterocycles. The first-order chi connectivity index (χ1) is 17.2. The Hall–Kier alpha value is -3.67. The largest absolute Gasteiger partial charge is 0.433 e. The van der Waals surface area contributed by atoms with E-state index in [1.165, 1.54) is 17.4 Å². The Morgan fingerprint density at radius 1 is 1.19 bits per heavy atom. The highest BCUT2D eigenvalue weighted by atomic mass is 32.1. The van der Waals surface area contributed by atoms with Crippen molar-refractivity contribution < 1.29 is 22.5 Å². The topological polar surface area (TPSA) is 96.2 Å². The zero-order valence-electron chi connectivity index (χ0n) is 19.5. The van der Waals surface area contributed by atoms with Gasteiger partial charge in [-0.1, -0.05) is 5.16 Å². The summed E-state index contributed by atoms with van der Waals surface area (Å²) in [6.07, 6.45) is -1.68. The number of halogens is 3. The van der Waals surface area contributed by atoms with Crippen molar-refractivity contribution in [2.24, 2.45) is 0 Å². The van der Waals surface area contributed by atoms with Crippen molar-refractivity contribution in [3.8, 4) is 11.1 Å². The molecule has 0 spiro atoms. The van der Waals surface area contributed by atoms with Gasteiger partial charge in [0, 0.05) is 36.3 Å². The molecule has 1 saturated heterocycles. The van der Waals surface area contributed by atoms with Gasteiger partial charge in [-0.2, -0.15) is 24.5 Å². The van der Waals surface area contributed by atoms with Crippen LogP contribution in [0.5, 0.6) is 0 Å². The average molecular weight is 517 g/mol. The maximum atomic E-state index is 13.4. The molecule has 0 aromatic carbocycles. The SMILES string of the molecule is Cc1noc(C)c1NC(=O)N1CCC(Nc2ncc(-c3ccsc3)c3nc(C(F)(F)F)ccc23)CC1. The number of pyridine rings is 2. The number of carbonyl (C=O) groups is 1. The Kier molecular flexibility index (Phi) is 6.29. The predicted molar refractivity (Wildman–Crippen MR) is 131 cm³/mol. The van der Waals surface area contributed by atoms with E-state index in [0.29, 0.717) is 59.8 Å². The molecule has 8 nitrogen and oxygen atoms in total. The van der Waals surface area contributed by atoms with E-state index in [2.05, 4.69) is 25.8 Å². The van der Waals surface area contributed by atoms with Crippen molar-refractivity contribution >= 4 is 39.8 Å². The van der Waals surface area contributed by atoms with Crippen molar-refractivity contribution in [1.82, 2.24) is 20.0 Å². The van der Waals surface area contributed by atoms with E-state index in [1.807, 2.05) is 16.8 Å². The van der Waals surface area contributed by atoms with E-state index < -0.39 is 11.9 Å². The summed E-state index contributed by atoms with van der Waals surface area (Å²) in [6, 6.07) is 4.00. The number of hydrogen-bond acceptors (Lipinski definition) is 7. The molecule has 0 aliphatic carbocycles. The third-order valence-corrected chi connectivity index (χ3v) is 6.92. The lowest BCUT2D eigenvalue weighted by atomic mass is 10.0. The van der Waals surface area contributed by atoms with Gasteiger partial charge in [-0.05, 0) is 61.2 Å². The molecule has 1 aliphatic rings. The van der Waals surface area contributed by atoms with Crippen molar-refractivity contribution in [3.63, 3.8) is 0 Å². The number of aromatic nitrogens is 3. The molecule has 5 heterocycles. The monoisotopic (exact) mass is 516 g/mol. The zero-order chi connectivity index (χ0) is 25.4. The van der Waals surface area contributed by atoms with E-state index in [1.54, 1.807) is 24.9 Å². The second-order valence-corrected chi connectivity index (χ2v) is 9.44. The average Bonchev–Trinajstić information content (AvgIpc) is 3.50. The second-order valence-electron chi connectivity index (χ2n) is 8.66. The van der Waals surface area contributed by atoms with E-state index in [0.717, 1.165) is 11.6 Å². The van der Waals surface area contributed by atoms with Gasteiger partial charge in [-0.3, -0.25) is 0 Å². The first-order valence-electron chi connectivity index (χ1n) is 11.4. The Morgan fingerprint density at radius 2 is 1.97 bits per heavy atom. The van der Waals surface area contributed by atoms with Crippen LogP contribution in [0.25, 0.3) is 22.0 Å². The Bertz CT molecular complexity index is 1380. The molecule has 0 atom stereocenters. The molecular formula is C24H23F3N6O2S. The van der Waals surface area contributed by atoms with E-state index in [9.17, 15) is 18.0 Å². The van der Waals surface area contributed by atoms with Crippen LogP contribution in [0.4, 0.5) is 29.5 Å². The predicted octanol–water partition coefficient (Wildman–Crippen LogP) is 6.09. The second kappa shape index (κ2) is 9.41. The Labute approximate surface area is 208 Å². The molecule has 36 heavy (non-hydrogen) atoms. The van der Waals surface area contributed by atoms with Crippen LogP contribution in [0.15, 0.2) is 39.7 Å². The third-order valence-electron chi connectivity index (χ3n) is 6.24. The molecule has 4 aromatic rings. The lowest BCUT2D eigenvalue weighted by molar-refractivity contribution is -0.140. The molecule has 0 radical (unpaired) electrons. The van der Waals surface area contributed by atoms with Crippen LogP contribution in [0.3, 0.4) is 0 Å². The minimum absolute atomic E-state index is 0.00176. The normalized spacial score (nSPS) is 14.9. The summed E-state index contributed by atoms with van der Waals surface area (Å²) in [5.74, 6) is 1.02. The minimum atomic E-state index is -4.55. The maximum Gasteiger partial charge on any atom is 0.433 e. The summed E-state index contributed by atoms with van der Waals surface area (Å²) >= 11 is 1.45. The van der Waals surface area contributed by atoms with Crippen molar-refractivity contribution in [2.45, 2.75) is 38.9 Å².